The van der Waals surface area contributed by atoms with Gasteiger partial charge in [0, 0.05) is 12.6 Å². The van der Waals surface area contributed by atoms with Crippen LogP contribution in [0.3, 0.4) is 0 Å². The van der Waals surface area contributed by atoms with Gasteiger partial charge in [-0.3, -0.25) is 0 Å². The van der Waals surface area contributed by atoms with Crippen LogP contribution in [0, 0.1) is 5.92 Å². The van der Waals surface area contributed by atoms with Crippen LogP contribution in [-0.2, 0) is 4.74 Å². The smallest absolute Gasteiger partial charge is 0.0681 e. The third-order valence-corrected chi connectivity index (χ3v) is 3.47. The molecule has 0 radical (unpaired) electrons. The van der Waals surface area contributed by atoms with Crippen molar-refractivity contribution in [3.05, 3.63) is 0 Å². The number of rotatable bonds is 10. The van der Waals surface area contributed by atoms with Gasteiger partial charge >= 0.3 is 0 Å². The van der Waals surface area contributed by atoms with E-state index in [-0.39, 0.29) is 12.1 Å². The van der Waals surface area contributed by atoms with Gasteiger partial charge in [-0.1, -0.05) is 33.6 Å². The Bertz CT molecular complexity index is 204. The highest BCUT2D eigenvalue weighted by molar-refractivity contribution is 5.01. The third kappa shape index (κ3) is 4.94. The molecule has 0 saturated heterocycles. The summed E-state index contributed by atoms with van der Waals surface area (Å²) < 4.78 is 5.77. The van der Waals surface area contributed by atoms with E-state index < -0.39 is 0 Å². The molecule has 3 heteroatoms. The van der Waals surface area contributed by atoms with Gasteiger partial charge in [-0.05, 0) is 25.2 Å². The van der Waals surface area contributed by atoms with E-state index in [1.54, 1.807) is 0 Å². The van der Waals surface area contributed by atoms with Crippen LogP contribution >= 0.6 is 0 Å². The first kappa shape index (κ1) is 14.9. The molecule has 1 unspecified atom stereocenters. The molecule has 0 aromatic rings. The molecule has 1 saturated carbocycles. The number of ether oxygens (including phenoxy) is 1. The highest BCUT2D eigenvalue weighted by Crippen LogP contribution is 2.40. The quantitative estimate of drug-likeness (QED) is 0.579. The van der Waals surface area contributed by atoms with Crippen LogP contribution in [0.5, 0.6) is 0 Å². The van der Waals surface area contributed by atoms with Crippen LogP contribution in [0.25, 0.3) is 0 Å². The Kier molecular flexibility index (Phi) is 6.45. The predicted molar refractivity (Wildman–Crippen MR) is 71.2 cm³/mol. The van der Waals surface area contributed by atoms with Gasteiger partial charge in [-0.15, -0.1) is 0 Å². The molecular formula is C14H29NO2. The molecule has 0 heterocycles. The summed E-state index contributed by atoms with van der Waals surface area (Å²) in [4.78, 5) is 0. The lowest BCUT2D eigenvalue weighted by Gasteiger charge is -2.35. The molecule has 0 spiro atoms. The maximum atomic E-state index is 9.70. The van der Waals surface area contributed by atoms with Gasteiger partial charge in [0.15, 0.2) is 0 Å². The van der Waals surface area contributed by atoms with Gasteiger partial charge < -0.3 is 15.2 Å². The molecule has 1 rings (SSSR count). The van der Waals surface area contributed by atoms with Gasteiger partial charge in [0.25, 0.3) is 0 Å². The zero-order valence-electron chi connectivity index (χ0n) is 11.7. The number of aliphatic hydroxyl groups excluding tert-OH is 1. The van der Waals surface area contributed by atoms with Crippen LogP contribution in [0.1, 0.15) is 52.9 Å². The Balaban J connectivity index is 2.34. The van der Waals surface area contributed by atoms with E-state index in [1.165, 1.54) is 25.7 Å². The van der Waals surface area contributed by atoms with E-state index in [0.29, 0.717) is 18.6 Å². The zero-order chi connectivity index (χ0) is 12.7. The third-order valence-electron chi connectivity index (χ3n) is 3.47. The zero-order valence-corrected chi connectivity index (χ0v) is 11.7. The highest BCUT2D eigenvalue weighted by atomic mass is 16.5. The topological polar surface area (TPSA) is 41.5 Å². The van der Waals surface area contributed by atoms with E-state index in [9.17, 15) is 5.11 Å². The second-order valence-electron chi connectivity index (χ2n) is 5.65. The molecule has 17 heavy (non-hydrogen) atoms. The summed E-state index contributed by atoms with van der Waals surface area (Å²) in [6.45, 7) is 8.11. The predicted octanol–water partition coefficient (Wildman–Crippen LogP) is 2.33. The summed E-state index contributed by atoms with van der Waals surface area (Å²) in [5, 5.41) is 13.2. The van der Waals surface area contributed by atoms with Gasteiger partial charge in [0.2, 0.25) is 0 Å². The Morgan fingerprint density at radius 3 is 2.53 bits per heavy atom. The van der Waals surface area contributed by atoms with Crippen molar-refractivity contribution in [3.8, 4) is 0 Å². The molecule has 102 valence electrons. The van der Waals surface area contributed by atoms with Crippen LogP contribution in [0.15, 0.2) is 0 Å². The van der Waals surface area contributed by atoms with E-state index in [2.05, 4.69) is 26.1 Å². The monoisotopic (exact) mass is 243 g/mol. The van der Waals surface area contributed by atoms with Crippen molar-refractivity contribution in [2.75, 3.05) is 19.8 Å². The summed E-state index contributed by atoms with van der Waals surface area (Å²) in [7, 11) is 0. The van der Waals surface area contributed by atoms with Gasteiger partial charge in [0.05, 0.1) is 18.8 Å². The first-order chi connectivity index (χ1) is 8.14. The minimum atomic E-state index is -0.194. The van der Waals surface area contributed by atoms with E-state index in [4.69, 9.17) is 4.74 Å². The average Bonchev–Trinajstić information content (AvgIpc) is 3.11. The first-order valence-corrected chi connectivity index (χ1v) is 7.11. The number of unbranched alkanes of at least 4 members (excludes halogenated alkanes) is 2. The van der Waals surface area contributed by atoms with Crippen molar-refractivity contribution in [3.63, 3.8) is 0 Å². The van der Waals surface area contributed by atoms with E-state index in [1.807, 2.05) is 0 Å². The lowest BCUT2D eigenvalue weighted by Crippen LogP contribution is -2.56. The summed E-state index contributed by atoms with van der Waals surface area (Å²) in [5.74, 6) is 0.598. The summed E-state index contributed by atoms with van der Waals surface area (Å²) >= 11 is 0. The minimum absolute atomic E-state index is 0.184. The molecular weight excluding hydrogens is 214 g/mol. The number of aliphatic hydroxyl groups is 1. The van der Waals surface area contributed by atoms with Crippen LogP contribution in [-0.4, -0.2) is 36.5 Å². The molecule has 2 N–H and O–H groups in total. The SMILES string of the molecule is CCCCCOCC(CO)(NC(C)C)C1CC1. The molecule has 0 aromatic carbocycles. The summed E-state index contributed by atoms with van der Waals surface area (Å²) in [5.41, 5.74) is -0.194. The molecule has 3 nitrogen and oxygen atoms in total. The van der Waals surface area contributed by atoms with Gasteiger partial charge in [-0.2, -0.15) is 0 Å². The number of hydrogen-bond donors (Lipinski definition) is 2. The summed E-state index contributed by atoms with van der Waals surface area (Å²) in [6.07, 6.45) is 6.02. The van der Waals surface area contributed by atoms with Crippen molar-refractivity contribution in [2.45, 2.75) is 64.5 Å². The van der Waals surface area contributed by atoms with Crippen molar-refractivity contribution in [1.29, 1.82) is 0 Å². The van der Waals surface area contributed by atoms with Crippen molar-refractivity contribution < 1.29 is 9.84 Å². The highest BCUT2D eigenvalue weighted by Gasteiger charge is 2.45. The number of nitrogens with one attached hydrogen (secondary N) is 1. The van der Waals surface area contributed by atoms with Crippen LogP contribution < -0.4 is 5.32 Å². The minimum Gasteiger partial charge on any atom is -0.394 e. The fourth-order valence-electron chi connectivity index (χ4n) is 2.42. The maximum absolute atomic E-state index is 9.70. The van der Waals surface area contributed by atoms with Crippen molar-refractivity contribution >= 4 is 0 Å². The standard InChI is InChI=1S/C14H29NO2/c1-4-5-6-9-17-11-14(10-16,13-7-8-13)15-12(2)3/h12-13,15-16H,4-11H2,1-3H3. The molecule has 0 amide bonds. The lowest BCUT2D eigenvalue weighted by atomic mass is 9.94. The van der Waals surface area contributed by atoms with E-state index >= 15 is 0 Å². The fraction of sp³-hybridized carbons (Fsp3) is 1.00. The second kappa shape index (κ2) is 7.34. The Morgan fingerprint density at radius 1 is 1.35 bits per heavy atom. The molecule has 1 aliphatic carbocycles. The normalized spacial score (nSPS) is 19.6. The van der Waals surface area contributed by atoms with Gasteiger partial charge in [0.1, 0.15) is 0 Å². The molecule has 1 atom stereocenters. The molecule has 1 aliphatic rings. The lowest BCUT2D eigenvalue weighted by molar-refractivity contribution is 0.0180. The number of hydrogen-bond acceptors (Lipinski definition) is 3. The van der Waals surface area contributed by atoms with Crippen molar-refractivity contribution in [1.82, 2.24) is 5.32 Å². The van der Waals surface area contributed by atoms with Crippen LogP contribution in [0.2, 0.25) is 0 Å². The van der Waals surface area contributed by atoms with Crippen LogP contribution in [0.4, 0.5) is 0 Å². The average molecular weight is 243 g/mol. The Hall–Kier alpha value is -0.120. The summed E-state index contributed by atoms with van der Waals surface area (Å²) in [6, 6.07) is 0.391. The fourth-order valence-corrected chi connectivity index (χ4v) is 2.42. The Morgan fingerprint density at radius 2 is 2.06 bits per heavy atom. The second-order valence-corrected chi connectivity index (χ2v) is 5.65. The maximum Gasteiger partial charge on any atom is 0.0681 e. The molecule has 1 fully saturated rings. The van der Waals surface area contributed by atoms with Crippen molar-refractivity contribution in [2.24, 2.45) is 5.92 Å². The molecule has 0 bridgehead atoms. The Labute approximate surface area is 106 Å². The van der Waals surface area contributed by atoms with E-state index in [0.717, 1.165) is 13.0 Å². The largest absolute Gasteiger partial charge is 0.394 e. The molecule has 0 aliphatic heterocycles. The first-order valence-electron chi connectivity index (χ1n) is 7.11. The van der Waals surface area contributed by atoms with Gasteiger partial charge in [-0.25, -0.2) is 0 Å². The molecule has 0 aromatic heterocycles.